The number of aromatic nitrogens is 1. The minimum atomic E-state index is 0.334. The van der Waals surface area contributed by atoms with E-state index in [1.54, 1.807) is 11.3 Å². The molecule has 1 saturated heterocycles. The third-order valence-electron chi connectivity index (χ3n) is 5.29. The van der Waals surface area contributed by atoms with E-state index in [2.05, 4.69) is 82.8 Å². The summed E-state index contributed by atoms with van der Waals surface area (Å²) in [5.74, 6) is 0. The van der Waals surface area contributed by atoms with E-state index >= 15 is 0 Å². The Kier molecular flexibility index (Phi) is 5.97. The highest BCUT2D eigenvalue weighted by Crippen LogP contribution is 2.29. The highest BCUT2D eigenvalue weighted by molar-refractivity contribution is 7.09. The minimum Gasteiger partial charge on any atom is -0.295 e. The third-order valence-corrected chi connectivity index (χ3v) is 6.33. The molecule has 27 heavy (non-hydrogen) atoms. The zero-order chi connectivity index (χ0) is 18.5. The van der Waals surface area contributed by atoms with E-state index in [1.807, 2.05) is 0 Å². The summed E-state index contributed by atoms with van der Waals surface area (Å²) in [6, 6.07) is 22.1. The summed E-state index contributed by atoms with van der Waals surface area (Å²) in [5.41, 5.74) is 3.99. The topological polar surface area (TPSA) is 19.4 Å². The van der Waals surface area contributed by atoms with Crippen molar-refractivity contribution in [2.75, 3.05) is 26.2 Å². The van der Waals surface area contributed by atoms with Crippen LogP contribution in [0.1, 0.15) is 34.8 Å². The van der Waals surface area contributed by atoms with Crippen molar-refractivity contribution < 1.29 is 0 Å². The van der Waals surface area contributed by atoms with Crippen LogP contribution in [-0.4, -0.2) is 41.0 Å². The average Bonchev–Trinajstić information content (AvgIpc) is 3.19. The van der Waals surface area contributed by atoms with E-state index in [1.165, 1.54) is 21.8 Å². The number of nitrogens with zero attached hydrogens (tertiary/aromatic N) is 3. The molecular weight excluding hydrogens is 350 g/mol. The monoisotopic (exact) mass is 377 g/mol. The Morgan fingerprint density at radius 3 is 2.00 bits per heavy atom. The summed E-state index contributed by atoms with van der Waals surface area (Å²) in [4.78, 5) is 9.90. The van der Waals surface area contributed by atoms with Gasteiger partial charge in [0.15, 0.2) is 0 Å². The minimum absolute atomic E-state index is 0.334. The Morgan fingerprint density at radius 1 is 0.889 bits per heavy atom. The van der Waals surface area contributed by atoms with Crippen LogP contribution in [0.3, 0.4) is 0 Å². The quantitative estimate of drug-likeness (QED) is 0.625. The Hall–Kier alpha value is -2.01. The molecule has 2 heterocycles. The van der Waals surface area contributed by atoms with Crippen molar-refractivity contribution in [3.8, 4) is 0 Å². The van der Waals surface area contributed by atoms with Gasteiger partial charge in [-0.3, -0.25) is 9.80 Å². The second kappa shape index (κ2) is 8.79. The summed E-state index contributed by atoms with van der Waals surface area (Å²) >= 11 is 1.79. The van der Waals surface area contributed by atoms with Crippen molar-refractivity contribution in [3.63, 3.8) is 0 Å². The van der Waals surface area contributed by atoms with Crippen LogP contribution < -0.4 is 0 Å². The first-order valence-corrected chi connectivity index (χ1v) is 10.7. The molecule has 0 bridgehead atoms. The number of piperazine rings is 1. The van der Waals surface area contributed by atoms with Gasteiger partial charge in [0, 0.05) is 38.1 Å². The fourth-order valence-electron chi connectivity index (χ4n) is 3.88. The molecule has 4 heteroatoms. The van der Waals surface area contributed by atoms with Crippen LogP contribution in [-0.2, 0) is 13.0 Å². The second-order valence-electron chi connectivity index (χ2n) is 7.12. The first-order valence-electron chi connectivity index (χ1n) is 9.83. The summed E-state index contributed by atoms with van der Waals surface area (Å²) in [7, 11) is 0. The Labute approximate surface area is 166 Å². The first-order chi connectivity index (χ1) is 13.3. The molecule has 1 aliphatic heterocycles. The Bertz CT molecular complexity index is 784. The molecule has 1 aliphatic rings. The van der Waals surface area contributed by atoms with Gasteiger partial charge in [-0.05, 0) is 17.5 Å². The largest absolute Gasteiger partial charge is 0.295 e. The molecule has 2 aromatic carbocycles. The van der Waals surface area contributed by atoms with Gasteiger partial charge < -0.3 is 0 Å². The van der Waals surface area contributed by atoms with Gasteiger partial charge in [0.05, 0.1) is 16.7 Å². The Balaban J connectivity index is 1.45. The SMILES string of the molecule is CCc1nc(CN2CCN(C(c3ccccc3)c3ccccc3)CC2)cs1. The number of hydrogen-bond donors (Lipinski definition) is 0. The van der Waals surface area contributed by atoms with E-state index in [4.69, 9.17) is 4.98 Å². The van der Waals surface area contributed by atoms with Crippen molar-refractivity contribution in [2.24, 2.45) is 0 Å². The molecule has 1 fully saturated rings. The standard InChI is InChI=1S/C23H27N3S/c1-2-22-24-21(18-27-22)17-25-13-15-26(16-14-25)23(19-9-5-3-6-10-19)20-11-7-4-8-12-20/h3-12,18,23H,2,13-17H2,1H3. The van der Waals surface area contributed by atoms with Crippen molar-refractivity contribution in [1.82, 2.24) is 14.8 Å². The predicted octanol–water partition coefficient (Wildman–Crippen LogP) is 4.61. The molecule has 1 aromatic heterocycles. The molecule has 3 aromatic rings. The lowest BCUT2D eigenvalue weighted by Gasteiger charge is -2.39. The second-order valence-corrected chi connectivity index (χ2v) is 8.06. The van der Waals surface area contributed by atoms with E-state index in [0.717, 1.165) is 39.1 Å². The Morgan fingerprint density at radius 2 is 1.48 bits per heavy atom. The smallest absolute Gasteiger partial charge is 0.0926 e. The lowest BCUT2D eigenvalue weighted by Crippen LogP contribution is -2.47. The van der Waals surface area contributed by atoms with Crippen LogP contribution in [0.2, 0.25) is 0 Å². The predicted molar refractivity (Wildman–Crippen MR) is 113 cm³/mol. The van der Waals surface area contributed by atoms with Crippen LogP contribution in [0.15, 0.2) is 66.0 Å². The van der Waals surface area contributed by atoms with Crippen molar-refractivity contribution in [3.05, 3.63) is 87.9 Å². The van der Waals surface area contributed by atoms with Gasteiger partial charge in [0.25, 0.3) is 0 Å². The third kappa shape index (κ3) is 4.46. The molecule has 0 aliphatic carbocycles. The maximum absolute atomic E-state index is 4.74. The molecule has 140 valence electrons. The van der Waals surface area contributed by atoms with Gasteiger partial charge >= 0.3 is 0 Å². The molecule has 0 N–H and O–H groups in total. The molecule has 0 amide bonds. The summed E-state index contributed by atoms with van der Waals surface area (Å²) in [6.45, 7) is 7.50. The van der Waals surface area contributed by atoms with Crippen molar-refractivity contribution >= 4 is 11.3 Å². The molecule has 4 rings (SSSR count). The van der Waals surface area contributed by atoms with Gasteiger partial charge in [0.1, 0.15) is 0 Å². The number of benzene rings is 2. The molecule has 0 atom stereocenters. The van der Waals surface area contributed by atoms with Gasteiger partial charge in [-0.2, -0.15) is 0 Å². The average molecular weight is 378 g/mol. The highest BCUT2D eigenvalue weighted by Gasteiger charge is 2.26. The van der Waals surface area contributed by atoms with Crippen LogP contribution in [0, 0.1) is 0 Å². The molecular formula is C23H27N3S. The van der Waals surface area contributed by atoms with E-state index < -0.39 is 0 Å². The maximum Gasteiger partial charge on any atom is 0.0926 e. The van der Waals surface area contributed by atoms with Gasteiger partial charge in [-0.15, -0.1) is 11.3 Å². The van der Waals surface area contributed by atoms with E-state index in [9.17, 15) is 0 Å². The molecule has 0 spiro atoms. The van der Waals surface area contributed by atoms with Crippen LogP contribution in [0.4, 0.5) is 0 Å². The lowest BCUT2D eigenvalue weighted by molar-refractivity contribution is 0.104. The van der Waals surface area contributed by atoms with Crippen molar-refractivity contribution in [1.29, 1.82) is 0 Å². The highest BCUT2D eigenvalue weighted by atomic mass is 32.1. The number of rotatable bonds is 6. The van der Waals surface area contributed by atoms with E-state index in [-0.39, 0.29) is 0 Å². The summed E-state index contributed by atoms with van der Waals surface area (Å²) in [5, 5.41) is 3.47. The number of hydrogen-bond acceptors (Lipinski definition) is 4. The normalized spacial score (nSPS) is 16.1. The maximum atomic E-state index is 4.74. The fourth-order valence-corrected chi connectivity index (χ4v) is 4.61. The molecule has 0 unspecified atom stereocenters. The summed E-state index contributed by atoms with van der Waals surface area (Å²) < 4.78 is 0. The van der Waals surface area contributed by atoms with E-state index in [0.29, 0.717) is 6.04 Å². The summed E-state index contributed by atoms with van der Waals surface area (Å²) in [6.07, 6.45) is 1.04. The number of aryl methyl sites for hydroxylation is 1. The lowest BCUT2D eigenvalue weighted by atomic mass is 9.96. The fraction of sp³-hybridized carbons (Fsp3) is 0.348. The molecule has 3 nitrogen and oxygen atoms in total. The van der Waals surface area contributed by atoms with Gasteiger partial charge in [0.2, 0.25) is 0 Å². The van der Waals surface area contributed by atoms with Crippen LogP contribution >= 0.6 is 11.3 Å². The first kappa shape index (κ1) is 18.4. The number of thiazole rings is 1. The van der Waals surface area contributed by atoms with Gasteiger partial charge in [-0.25, -0.2) is 4.98 Å². The zero-order valence-electron chi connectivity index (χ0n) is 15.9. The van der Waals surface area contributed by atoms with Crippen LogP contribution in [0.25, 0.3) is 0 Å². The van der Waals surface area contributed by atoms with Crippen molar-refractivity contribution in [2.45, 2.75) is 25.9 Å². The van der Waals surface area contributed by atoms with Crippen LogP contribution in [0.5, 0.6) is 0 Å². The molecule has 0 saturated carbocycles. The zero-order valence-corrected chi connectivity index (χ0v) is 16.7. The molecule has 0 radical (unpaired) electrons. The van der Waals surface area contributed by atoms with Gasteiger partial charge in [-0.1, -0.05) is 67.6 Å².